The van der Waals surface area contributed by atoms with Crippen molar-refractivity contribution in [1.82, 2.24) is 20.5 Å². The number of guanidine groups is 1. The molecule has 1 aromatic heterocycles. The van der Waals surface area contributed by atoms with Gasteiger partial charge in [0.25, 0.3) is 6.43 Å². The predicted molar refractivity (Wildman–Crippen MR) is 115 cm³/mol. The number of piperidine rings is 1. The zero-order chi connectivity index (χ0) is 18.2. The summed E-state index contributed by atoms with van der Waals surface area (Å²) >= 11 is 1.60. The number of nitrogens with one attached hydrogen (secondary N) is 2. The van der Waals surface area contributed by atoms with E-state index in [4.69, 9.17) is 0 Å². The van der Waals surface area contributed by atoms with Crippen LogP contribution in [-0.4, -0.2) is 68.6 Å². The molecule has 0 aliphatic carbocycles. The normalized spacial score (nSPS) is 16.5. The van der Waals surface area contributed by atoms with E-state index < -0.39 is 6.43 Å². The van der Waals surface area contributed by atoms with Crippen molar-refractivity contribution in [3.63, 3.8) is 0 Å². The van der Waals surface area contributed by atoms with E-state index in [2.05, 4.69) is 20.6 Å². The topological polar surface area (TPSA) is 55.8 Å². The van der Waals surface area contributed by atoms with E-state index in [0.717, 1.165) is 36.2 Å². The molecule has 2 N–H and O–H groups in total. The number of aliphatic imine (C=N–C) groups is 1. The number of nitrogens with zero attached hydrogens (tertiary/aromatic N) is 4. The molecular formula is C16H29F2IN6S. The van der Waals surface area contributed by atoms with Crippen LogP contribution in [0.2, 0.25) is 0 Å². The van der Waals surface area contributed by atoms with Gasteiger partial charge in [-0.3, -0.25) is 4.90 Å². The van der Waals surface area contributed by atoms with E-state index in [1.54, 1.807) is 11.3 Å². The number of alkyl halides is 2. The third-order valence-corrected chi connectivity index (χ3v) is 5.05. The second-order valence-corrected chi connectivity index (χ2v) is 7.16. The van der Waals surface area contributed by atoms with Gasteiger partial charge in [-0.15, -0.1) is 35.3 Å². The maximum absolute atomic E-state index is 12.4. The van der Waals surface area contributed by atoms with Gasteiger partial charge in [0, 0.05) is 45.2 Å². The number of thiazole rings is 1. The first-order valence-electron chi connectivity index (χ1n) is 8.65. The largest absolute Gasteiger partial charge is 0.357 e. The molecule has 1 aromatic rings. The number of rotatable bonds is 7. The van der Waals surface area contributed by atoms with Crippen LogP contribution in [-0.2, 0) is 6.54 Å². The van der Waals surface area contributed by atoms with Crippen LogP contribution in [0.1, 0.15) is 25.5 Å². The van der Waals surface area contributed by atoms with Crippen LogP contribution < -0.4 is 15.5 Å². The fourth-order valence-corrected chi connectivity index (χ4v) is 3.45. The molecule has 10 heteroatoms. The van der Waals surface area contributed by atoms with Gasteiger partial charge in [0.2, 0.25) is 0 Å². The Hall–Kier alpha value is -0.750. The molecule has 0 atom stereocenters. The lowest BCUT2D eigenvalue weighted by Gasteiger charge is -2.32. The molecule has 2 rings (SSSR count). The van der Waals surface area contributed by atoms with Crippen LogP contribution in [0.15, 0.2) is 10.4 Å². The van der Waals surface area contributed by atoms with Crippen molar-refractivity contribution in [3.05, 3.63) is 11.1 Å². The van der Waals surface area contributed by atoms with Crippen LogP contribution in [0.3, 0.4) is 0 Å². The lowest BCUT2D eigenvalue weighted by molar-refractivity contribution is 0.0744. The quantitative estimate of drug-likeness (QED) is 0.341. The maximum Gasteiger partial charge on any atom is 0.251 e. The van der Waals surface area contributed by atoms with E-state index in [0.29, 0.717) is 19.6 Å². The minimum absolute atomic E-state index is 0. The number of aromatic nitrogens is 1. The average Bonchev–Trinajstić information content (AvgIpc) is 3.03. The Balaban J connectivity index is 0.00000338. The predicted octanol–water partition coefficient (Wildman–Crippen LogP) is 2.61. The van der Waals surface area contributed by atoms with Crippen LogP contribution in [0.5, 0.6) is 0 Å². The second kappa shape index (κ2) is 11.9. The molecule has 2 heterocycles. The first-order valence-corrected chi connectivity index (χ1v) is 9.53. The molecule has 1 saturated heterocycles. The Morgan fingerprint density at radius 2 is 2.12 bits per heavy atom. The van der Waals surface area contributed by atoms with Crippen LogP contribution in [0, 0.1) is 0 Å². The Kier molecular flexibility index (Phi) is 10.6. The fraction of sp³-hybridized carbons (Fsp3) is 0.750. The molecule has 1 aliphatic heterocycles. The van der Waals surface area contributed by atoms with Gasteiger partial charge in [-0.25, -0.2) is 18.8 Å². The van der Waals surface area contributed by atoms with Crippen LogP contribution in [0.4, 0.5) is 13.9 Å². The number of anilines is 1. The first-order chi connectivity index (χ1) is 12.0. The van der Waals surface area contributed by atoms with Gasteiger partial charge in [-0.2, -0.15) is 0 Å². The Morgan fingerprint density at radius 3 is 2.65 bits per heavy atom. The number of hydrogen-bond acceptors (Lipinski definition) is 5. The van der Waals surface area contributed by atoms with Crippen molar-refractivity contribution in [2.24, 2.45) is 4.99 Å². The summed E-state index contributed by atoms with van der Waals surface area (Å²) in [5.74, 6) is 0.759. The summed E-state index contributed by atoms with van der Waals surface area (Å²) in [7, 11) is 3.94. The van der Waals surface area contributed by atoms with E-state index in [-0.39, 0.29) is 36.6 Å². The molecule has 26 heavy (non-hydrogen) atoms. The molecule has 0 amide bonds. The van der Waals surface area contributed by atoms with Crippen molar-refractivity contribution >= 4 is 46.4 Å². The molecule has 6 nitrogen and oxygen atoms in total. The van der Waals surface area contributed by atoms with Gasteiger partial charge < -0.3 is 15.5 Å². The molecule has 0 saturated carbocycles. The summed E-state index contributed by atoms with van der Waals surface area (Å²) in [4.78, 5) is 12.9. The molecule has 0 radical (unpaired) electrons. The summed E-state index contributed by atoms with van der Waals surface area (Å²) in [6.45, 7) is 4.58. The Morgan fingerprint density at radius 1 is 1.42 bits per heavy atom. The molecule has 1 fully saturated rings. The second-order valence-electron chi connectivity index (χ2n) is 6.32. The van der Waals surface area contributed by atoms with Crippen molar-refractivity contribution in [3.8, 4) is 0 Å². The maximum atomic E-state index is 12.4. The zero-order valence-electron chi connectivity index (χ0n) is 15.5. The van der Waals surface area contributed by atoms with Gasteiger partial charge in [0.15, 0.2) is 11.1 Å². The fourth-order valence-electron chi connectivity index (χ4n) is 2.70. The van der Waals surface area contributed by atoms with E-state index in [1.807, 2.05) is 36.2 Å². The van der Waals surface area contributed by atoms with Gasteiger partial charge in [0.1, 0.15) is 0 Å². The van der Waals surface area contributed by atoms with Gasteiger partial charge in [-0.05, 0) is 19.8 Å². The Bertz CT molecular complexity index is 547. The molecule has 0 spiro atoms. The average molecular weight is 502 g/mol. The highest BCUT2D eigenvalue weighted by atomic mass is 127. The highest BCUT2D eigenvalue weighted by Crippen LogP contribution is 2.18. The Labute approximate surface area is 175 Å². The van der Waals surface area contributed by atoms with E-state index in [9.17, 15) is 8.78 Å². The molecule has 0 unspecified atom stereocenters. The molecule has 1 aliphatic rings. The van der Waals surface area contributed by atoms with Crippen molar-refractivity contribution in [2.75, 3.05) is 45.2 Å². The van der Waals surface area contributed by atoms with Gasteiger partial charge in [0.05, 0.1) is 18.8 Å². The molecule has 0 aromatic carbocycles. The minimum Gasteiger partial charge on any atom is -0.357 e. The highest BCUT2D eigenvalue weighted by molar-refractivity contribution is 14.0. The van der Waals surface area contributed by atoms with Crippen molar-refractivity contribution in [2.45, 2.75) is 38.8 Å². The minimum atomic E-state index is -2.26. The molecule has 150 valence electrons. The van der Waals surface area contributed by atoms with E-state index >= 15 is 0 Å². The van der Waals surface area contributed by atoms with Gasteiger partial charge in [-0.1, -0.05) is 0 Å². The van der Waals surface area contributed by atoms with Crippen molar-refractivity contribution in [1.29, 1.82) is 0 Å². The lowest BCUT2D eigenvalue weighted by Crippen LogP contribution is -2.49. The van der Waals surface area contributed by atoms with Crippen LogP contribution in [0.25, 0.3) is 0 Å². The monoisotopic (exact) mass is 502 g/mol. The third-order valence-electron chi connectivity index (χ3n) is 3.99. The zero-order valence-corrected chi connectivity index (χ0v) is 18.7. The number of likely N-dealkylation sites (tertiary alicyclic amines) is 1. The standard InChI is InChI=1S/C16H28F2N6S.HI/c1-4-19-15(20-9-13-11-25-16(22-13)23(2)3)21-12-5-7-24(8-6-12)10-14(17)18;/h11-12,14H,4-10H2,1-3H3,(H2,19,20,21);1H. The summed E-state index contributed by atoms with van der Waals surface area (Å²) in [6.07, 6.45) is -0.564. The van der Waals surface area contributed by atoms with E-state index in [1.165, 1.54) is 0 Å². The van der Waals surface area contributed by atoms with Crippen LogP contribution >= 0.6 is 35.3 Å². The summed E-state index contributed by atoms with van der Waals surface area (Å²) in [5, 5.41) is 9.65. The summed E-state index contributed by atoms with van der Waals surface area (Å²) < 4.78 is 24.9. The highest BCUT2D eigenvalue weighted by Gasteiger charge is 2.21. The van der Waals surface area contributed by atoms with Crippen molar-refractivity contribution < 1.29 is 8.78 Å². The third kappa shape index (κ3) is 7.87. The summed E-state index contributed by atoms with van der Waals surface area (Å²) in [5.41, 5.74) is 0.942. The SMILES string of the molecule is CCNC(=NCc1csc(N(C)C)n1)NC1CCN(CC(F)F)CC1.I. The first kappa shape index (κ1) is 23.3. The molecular weight excluding hydrogens is 473 g/mol. The summed E-state index contributed by atoms with van der Waals surface area (Å²) in [6, 6.07) is 0.263. The molecule has 0 bridgehead atoms. The number of halogens is 3. The lowest BCUT2D eigenvalue weighted by atomic mass is 10.1. The van der Waals surface area contributed by atoms with Gasteiger partial charge >= 0.3 is 0 Å². The smallest absolute Gasteiger partial charge is 0.251 e. The number of hydrogen-bond donors (Lipinski definition) is 2.